The Morgan fingerprint density at radius 1 is 1.35 bits per heavy atom. The molecule has 0 atom stereocenters. The van der Waals surface area contributed by atoms with Crippen molar-refractivity contribution in [3.05, 3.63) is 29.8 Å². The minimum atomic E-state index is -4.26. The van der Waals surface area contributed by atoms with Gasteiger partial charge in [0.2, 0.25) is 0 Å². The highest BCUT2D eigenvalue weighted by atomic mass is 35.5. The fourth-order valence-corrected chi connectivity index (χ4v) is 1.10. The Balaban J connectivity index is 0.00000256. The van der Waals surface area contributed by atoms with E-state index >= 15 is 0 Å². The summed E-state index contributed by atoms with van der Waals surface area (Å²) in [7, 11) is 0. The highest BCUT2D eigenvalue weighted by Crippen LogP contribution is 2.18. The number of nitrogens with one attached hydrogen (secondary N) is 1. The SMILES string of the molecule is Cl.Nc1cccc(C(=O)NCCC(F)(F)F)c1. The van der Waals surface area contributed by atoms with E-state index in [-0.39, 0.29) is 18.0 Å². The van der Waals surface area contributed by atoms with Gasteiger partial charge < -0.3 is 11.1 Å². The number of halogens is 4. The third-order valence-corrected chi connectivity index (χ3v) is 1.84. The molecule has 1 rings (SSSR count). The molecular formula is C10H12ClF3N2O. The Kier molecular flexibility index (Phi) is 5.81. The van der Waals surface area contributed by atoms with Crippen molar-refractivity contribution in [3.8, 4) is 0 Å². The third-order valence-electron chi connectivity index (χ3n) is 1.84. The zero-order valence-corrected chi connectivity index (χ0v) is 9.57. The molecule has 0 aliphatic carbocycles. The molecule has 0 radical (unpaired) electrons. The first-order chi connectivity index (χ1) is 7.38. The van der Waals surface area contributed by atoms with E-state index in [2.05, 4.69) is 5.32 Å². The molecule has 3 nitrogen and oxygen atoms in total. The van der Waals surface area contributed by atoms with Crippen molar-refractivity contribution < 1.29 is 18.0 Å². The smallest absolute Gasteiger partial charge is 0.390 e. The number of alkyl halides is 3. The number of nitrogen functional groups attached to an aromatic ring is 1. The second-order valence-electron chi connectivity index (χ2n) is 3.25. The van der Waals surface area contributed by atoms with Crippen LogP contribution in [-0.4, -0.2) is 18.6 Å². The molecule has 96 valence electrons. The van der Waals surface area contributed by atoms with Gasteiger partial charge in [-0.3, -0.25) is 4.79 Å². The molecule has 0 aliphatic rings. The zero-order valence-electron chi connectivity index (χ0n) is 8.75. The van der Waals surface area contributed by atoms with Crippen molar-refractivity contribution in [2.45, 2.75) is 12.6 Å². The van der Waals surface area contributed by atoms with Crippen LogP contribution in [0.5, 0.6) is 0 Å². The van der Waals surface area contributed by atoms with Crippen molar-refractivity contribution in [2.75, 3.05) is 12.3 Å². The maximum Gasteiger partial charge on any atom is 0.390 e. The molecule has 0 fully saturated rings. The van der Waals surface area contributed by atoms with Crippen LogP contribution in [0, 0.1) is 0 Å². The Morgan fingerprint density at radius 3 is 2.53 bits per heavy atom. The van der Waals surface area contributed by atoms with Gasteiger partial charge in [0.1, 0.15) is 0 Å². The van der Waals surface area contributed by atoms with Gasteiger partial charge in [-0.2, -0.15) is 13.2 Å². The monoisotopic (exact) mass is 268 g/mol. The standard InChI is InChI=1S/C10H11F3N2O.ClH/c11-10(12,13)4-5-15-9(16)7-2-1-3-8(14)6-7;/h1-3,6H,4-5,14H2,(H,15,16);1H. The first kappa shape index (κ1) is 15.6. The van der Waals surface area contributed by atoms with Crippen LogP contribution in [-0.2, 0) is 0 Å². The maximum atomic E-state index is 11.8. The average molecular weight is 269 g/mol. The predicted octanol–water partition coefficient (Wildman–Crippen LogP) is 2.37. The minimum Gasteiger partial charge on any atom is -0.399 e. The van der Waals surface area contributed by atoms with Gasteiger partial charge in [0.05, 0.1) is 6.42 Å². The van der Waals surface area contributed by atoms with Crippen LogP contribution in [0.15, 0.2) is 24.3 Å². The number of rotatable bonds is 3. The maximum absolute atomic E-state index is 11.8. The van der Waals surface area contributed by atoms with E-state index in [1.165, 1.54) is 12.1 Å². The summed E-state index contributed by atoms with van der Waals surface area (Å²) in [5.41, 5.74) is 6.08. The van der Waals surface area contributed by atoms with E-state index in [0.29, 0.717) is 5.69 Å². The van der Waals surface area contributed by atoms with Crippen LogP contribution < -0.4 is 11.1 Å². The molecule has 1 aromatic rings. The zero-order chi connectivity index (χ0) is 12.2. The summed E-state index contributed by atoms with van der Waals surface area (Å²) in [5.74, 6) is -0.559. The van der Waals surface area contributed by atoms with Crippen LogP contribution in [0.2, 0.25) is 0 Å². The summed E-state index contributed by atoms with van der Waals surface area (Å²) in [6.07, 6.45) is -5.30. The lowest BCUT2D eigenvalue weighted by atomic mass is 10.2. The molecule has 0 saturated heterocycles. The highest BCUT2D eigenvalue weighted by Gasteiger charge is 2.26. The number of nitrogens with two attached hydrogens (primary N) is 1. The van der Waals surface area contributed by atoms with Gasteiger partial charge in [0.25, 0.3) is 5.91 Å². The Bertz CT molecular complexity index is 382. The summed E-state index contributed by atoms with van der Waals surface area (Å²) in [4.78, 5) is 11.3. The lowest BCUT2D eigenvalue weighted by molar-refractivity contribution is -0.132. The third kappa shape index (κ3) is 6.01. The molecule has 3 N–H and O–H groups in total. The Labute approximate surface area is 103 Å². The van der Waals surface area contributed by atoms with Gasteiger partial charge in [-0.25, -0.2) is 0 Å². The topological polar surface area (TPSA) is 55.1 Å². The number of carbonyl (C=O) groups excluding carboxylic acids is 1. The molecule has 0 saturated carbocycles. The molecular weight excluding hydrogens is 257 g/mol. The van der Waals surface area contributed by atoms with Crippen LogP contribution in [0.3, 0.4) is 0 Å². The van der Waals surface area contributed by atoms with Gasteiger partial charge >= 0.3 is 6.18 Å². The summed E-state index contributed by atoms with van der Waals surface area (Å²) in [5, 5.41) is 2.17. The van der Waals surface area contributed by atoms with Crippen LogP contribution >= 0.6 is 12.4 Å². The Hall–Kier alpha value is -1.43. The Morgan fingerprint density at radius 2 is 2.00 bits per heavy atom. The highest BCUT2D eigenvalue weighted by molar-refractivity contribution is 5.94. The van der Waals surface area contributed by atoms with E-state index in [4.69, 9.17) is 5.73 Å². The largest absolute Gasteiger partial charge is 0.399 e. The van der Waals surface area contributed by atoms with Crippen LogP contribution in [0.1, 0.15) is 16.8 Å². The second-order valence-corrected chi connectivity index (χ2v) is 3.25. The molecule has 1 aromatic carbocycles. The average Bonchev–Trinajstić information content (AvgIpc) is 2.15. The molecule has 1 amide bonds. The molecule has 7 heteroatoms. The fourth-order valence-electron chi connectivity index (χ4n) is 1.10. The fraction of sp³-hybridized carbons (Fsp3) is 0.300. The number of amides is 1. The molecule has 0 spiro atoms. The summed E-state index contributed by atoms with van der Waals surface area (Å²) >= 11 is 0. The normalized spacial score (nSPS) is 10.5. The van der Waals surface area contributed by atoms with Gasteiger partial charge in [-0.1, -0.05) is 6.07 Å². The molecule has 0 bridgehead atoms. The van der Waals surface area contributed by atoms with Crippen molar-refractivity contribution in [2.24, 2.45) is 0 Å². The summed E-state index contributed by atoms with van der Waals surface area (Å²) in [6.45, 7) is -0.433. The summed E-state index contributed by atoms with van der Waals surface area (Å²) in [6, 6.07) is 6.04. The van der Waals surface area contributed by atoms with Crippen molar-refractivity contribution in [1.82, 2.24) is 5.32 Å². The van der Waals surface area contributed by atoms with Gasteiger partial charge in [0.15, 0.2) is 0 Å². The van der Waals surface area contributed by atoms with Crippen molar-refractivity contribution in [3.63, 3.8) is 0 Å². The van der Waals surface area contributed by atoms with Gasteiger partial charge in [-0.15, -0.1) is 12.4 Å². The predicted molar refractivity (Wildman–Crippen MR) is 61.1 cm³/mol. The van der Waals surface area contributed by atoms with E-state index in [1.807, 2.05) is 0 Å². The van der Waals surface area contributed by atoms with E-state index in [1.54, 1.807) is 12.1 Å². The van der Waals surface area contributed by atoms with E-state index in [9.17, 15) is 18.0 Å². The van der Waals surface area contributed by atoms with Crippen LogP contribution in [0.4, 0.5) is 18.9 Å². The number of benzene rings is 1. The number of carbonyl (C=O) groups is 1. The van der Waals surface area contributed by atoms with Crippen molar-refractivity contribution >= 4 is 24.0 Å². The molecule has 0 aliphatic heterocycles. The molecule has 0 heterocycles. The van der Waals surface area contributed by atoms with Gasteiger partial charge in [0, 0.05) is 17.8 Å². The van der Waals surface area contributed by atoms with Gasteiger partial charge in [-0.05, 0) is 18.2 Å². The second kappa shape index (κ2) is 6.34. The lowest BCUT2D eigenvalue weighted by Crippen LogP contribution is -2.27. The molecule has 17 heavy (non-hydrogen) atoms. The molecule has 0 unspecified atom stereocenters. The quantitative estimate of drug-likeness (QED) is 0.827. The minimum absolute atomic E-state index is 0. The molecule has 0 aromatic heterocycles. The lowest BCUT2D eigenvalue weighted by Gasteiger charge is -2.08. The van der Waals surface area contributed by atoms with Crippen molar-refractivity contribution in [1.29, 1.82) is 0 Å². The first-order valence-electron chi connectivity index (χ1n) is 4.59. The number of hydrogen-bond donors (Lipinski definition) is 2. The summed E-state index contributed by atoms with van der Waals surface area (Å²) < 4.78 is 35.4. The number of anilines is 1. The van der Waals surface area contributed by atoms with Crippen LogP contribution in [0.25, 0.3) is 0 Å². The van der Waals surface area contributed by atoms with E-state index in [0.717, 1.165) is 0 Å². The van der Waals surface area contributed by atoms with E-state index < -0.39 is 25.0 Å². The number of hydrogen-bond acceptors (Lipinski definition) is 2. The first-order valence-corrected chi connectivity index (χ1v) is 4.59.